The topological polar surface area (TPSA) is 60.0 Å². The van der Waals surface area contributed by atoms with E-state index in [0.717, 1.165) is 15.8 Å². The highest BCUT2D eigenvalue weighted by molar-refractivity contribution is 9.10. The Morgan fingerprint density at radius 2 is 2.00 bits per heavy atom. The molecule has 1 aromatic carbocycles. The van der Waals surface area contributed by atoms with E-state index < -0.39 is 6.10 Å². The lowest BCUT2D eigenvalue weighted by Gasteiger charge is -2.17. The van der Waals surface area contributed by atoms with E-state index in [1.165, 1.54) is 0 Å². The van der Waals surface area contributed by atoms with Gasteiger partial charge in [0.1, 0.15) is 18.5 Å². The van der Waals surface area contributed by atoms with Crippen molar-refractivity contribution >= 4 is 15.9 Å². The molecule has 0 aromatic heterocycles. The molecule has 6 heteroatoms. The summed E-state index contributed by atoms with van der Waals surface area (Å²) in [5.41, 5.74) is 1.15. The molecule has 0 aliphatic rings. The van der Waals surface area contributed by atoms with Crippen LogP contribution in [0, 0.1) is 6.92 Å². The number of halogens is 1. The highest BCUT2D eigenvalue weighted by Crippen LogP contribution is 2.25. The average Bonchev–Trinajstić information content (AvgIpc) is 2.45. The Morgan fingerprint density at radius 1 is 1.24 bits per heavy atom. The highest BCUT2D eigenvalue weighted by atomic mass is 79.9. The zero-order valence-corrected chi connectivity index (χ0v) is 14.4. The van der Waals surface area contributed by atoms with Gasteiger partial charge in [-0.3, -0.25) is 0 Å². The average molecular weight is 362 g/mol. The minimum atomic E-state index is -0.585. The van der Waals surface area contributed by atoms with E-state index in [1.54, 1.807) is 14.2 Å². The van der Waals surface area contributed by atoms with Crippen molar-refractivity contribution in [2.75, 3.05) is 40.5 Å². The Labute approximate surface area is 134 Å². The summed E-state index contributed by atoms with van der Waals surface area (Å²) in [5, 5.41) is 13.0. The van der Waals surface area contributed by atoms with Crippen LogP contribution in [0.2, 0.25) is 0 Å². The lowest BCUT2D eigenvalue weighted by Crippen LogP contribution is -2.38. The van der Waals surface area contributed by atoms with E-state index in [0.29, 0.717) is 19.7 Å². The first-order chi connectivity index (χ1) is 10.1. The maximum atomic E-state index is 9.90. The normalized spacial score (nSPS) is 14.0. The van der Waals surface area contributed by atoms with Gasteiger partial charge < -0.3 is 24.6 Å². The maximum absolute atomic E-state index is 9.90. The summed E-state index contributed by atoms with van der Waals surface area (Å²) >= 11 is 3.44. The predicted octanol–water partition coefficient (Wildman–Crippen LogP) is 1.75. The van der Waals surface area contributed by atoms with E-state index in [4.69, 9.17) is 14.2 Å². The number of benzene rings is 1. The Morgan fingerprint density at radius 3 is 2.62 bits per heavy atom. The molecule has 0 aliphatic heterocycles. The smallest absolute Gasteiger partial charge is 0.133 e. The van der Waals surface area contributed by atoms with Crippen molar-refractivity contribution in [3.05, 3.63) is 28.2 Å². The Bertz CT molecular complexity index is 417. The summed E-state index contributed by atoms with van der Waals surface area (Å²) in [5.74, 6) is 0.730. The zero-order valence-electron chi connectivity index (χ0n) is 12.8. The quantitative estimate of drug-likeness (QED) is 0.664. The van der Waals surface area contributed by atoms with Crippen molar-refractivity contribution in [3.8, 4) is 5.75 Å². The third kappa shape index (κ3) is 7.24. The molecule has 2 atom stereocenters. The second-order valence-corrected chi connectivity index (χ2v) is 5.72. The third-order valence-corrected chi connectivity index (χ3v) is 3.58. The van der Waals surface area contributed by atoms with Crippen LogP contribution in [-0.4, -0.2) is 57.8 Å². The molecule has 0 radical (unpaired) electrons. The molecule has 0 saturated heterocycles. The summed E-state index contributed by atoms with van der Waals surface area (Å²) in [7, 11) is 3.27. The van der Waals surface area contributed by atoms with E-state index in [9.17, 15) is 5.11 Å². The summed E-state index contributed by atoms with van der Waals surface area (Å²) in [6, 6.07) is 5.84. The molecule has 0 saturated carbocycles. The van der Waals surface area contributed by atoms with Crippen LogP contribution in [0.5, 0.6) is 5.75 Å². The van der Waals surface area contributed by atoms with Crippen LogP contribution in [0.15, 0.2) is 22.7 Å². The number of nitrogens with one attached hydrogen (secondary N) is 1. The molecule has 5 nitrogen and oxygen atoms in total. The molecule has 1 rings (SSSR count). The molecule has 21 heavy (non-hydrogen) atoms. The first-order valence-electron chi connectivity index (χ1n) is 6.86. The van der Waals surface area contributed by atoms with Crippen molar-refractivity contribution in [2.45, 2.75) is 19.1 Å². The van der Waals surface area contributed by atoms with Crippen LogP contribution in [0.25, 0.3) is 0 Å². The van der Waals surface area contributed by atoms with Gasteiger partial charge in [-0.1, -0.05) is 6.07 Å². The second-order valence-electron chi connectivity index (χ2n) is 4.87. The van der Waals surface area contributed by atoms with Crippen LogP contribution in [0.3, 0.4) is 0 Å². The molecular weight excluding hydrogens is 338 g/mol. The lowest BCUT2D eigenvalue weighted by molar-refractivity contribution is 0.0256. The number of aliphatic hydroxyl groups excluding tert-OH is 1. The van der Waals surface area contributed by atoms with Crippen LogP contribution in [0.4, 0.5) is 0 Å². The van der Waals surface area contributed by atoms with Gasteiger partial charge in [-0.15, -0.1) is 0 Å². The first-order valence-corrected chi connectivity index (χ1v) is 7.65. The minimum Gasteiger partial charge on any atom is -0.490 e. The number of rotatable bonds is 10. The first kappa shape index (κ1) is 18.4. The molecule has 0 bridgehead atoms. The van der Waals surface area contributed by atoms with Crippen molar-refractivity contribution in [1.82, 2.24) is 5.32 Å². The molecule has 2 N–H and O–H groups in total. The predicted molar refractivity (Wildman–Crippen MR) is 85.9 cm³/mol. The van der Waals surface area contributed by atoms with Crippen molar-refractivity contribution in [2.24, 2.45) is 0 Å². The molecule has 120 valence electrons. The molecular formula is C15H24BrNO4. The monoisotopic (exact) mass is 361 g/mol. The number of aliphatic hydroxyl groups is 1. The largest absolute Gasteiger partial charge is 0.490 e. The van der Waals surface area contributed by atoms with Crippen LogP contribution in [-0.2, 0) is 9.47 Å². The number of ether oxygens (including phenoxy) is 3. The summed E-state index contributed by atoms with van der Waals surface area (Å²) in [4.78, 5) is 0. The lowest BCUT2D eigenvalue weighted by atomic mass is 10.2. The fourth-order valence-corrected chi connectivity index (χ4v) is 2.38. The summed E-state index contributed by atoms with van der Waals surface area (Å²) < 4.78 is 16.7. The van der Waals surface area contributed by atoms with E-state index >= 15 is 0 Å². The van der Waals surface area contributed by atoms with Crippen molar-refractivity contribution in [1.29, 1.82) is 0 Å². The third-order valence-electron chi connectivity index (χ3n) is 2.96. The summed E-state index contributed by atoms with van der Waals surface area (Å²) in [6.07, 6.45) is -0.604. The van der Waals surface area contributed by atoms with Gasteiger partial charge in [0.15, 0.2) is 0 Å². The molecule has 0 heterocycles. The van der Waals surface area contributed by atoms with Gasteiger partial charge in [-0.25, -0.2) is 0 Å². The molecule has 0 aliphatic carbocycles. The second kappa shape index (κ2) is 10.1. The number of hydrogen-bond donors (Lipinski definition) is 2. The standard InChI is InChI=1S/C15H24BrNO4/c1-11-4-5-15(14(16)6-11)21-9-12(18)7-17-8-13(20-3)10-19-2/h4-6,12-13,17-18H,7-10H2,1-3H3. The Kier molecular flexibility index (Phi) is 8.87. The van der Waals surface area contributed by atoms with Crippen LogP contribution in [0.1, 0.15) is 5.56 Å². The fourth-order valence-electron chi connectivity index (χ4n) is 1.77. The van der Waals surface area contributed by atoms with Gasteiger partial charge in [0.25, 0.3) is 0 Å². The van der Waals surface area contributed by atoms with Crippen molar-refractivity contribution < 1.29 is 19.3 Å². The number of methoxy groups -OCH3 is 2. The highest BCUT2D eigenvalue weighted by Gasteiger charge is 2.10. The molecule has 0 fully saturated rings. The van der Waals surface area contributed by atoms with Gasteiger partial charge in [0.2, 0.25) is 0 Å². The van der Waals surface area contributed by atoms with Crippen LogP contribution >= 0.6 is 15.9 Å². The van der Waals surface area contributed by atoms with Crippen molar-refractivity contribution in [3.63, 3.8) is 0 Å². The van der Waals surface area contributed by atoms with Gasteiger partial charge in [0, 0.05) is 27.3 Å². The van der Waals surface area contributed by atoms with Crippen LogP contribution < -0.4 is 10.1 Å². The number of aryl methyl sites for hydroxylation is 1. The van der Waals surface area contributed by atoms with Gasteiger partial charge in [-0.2, -0.15) is 0 Å². The van der Waals surface area contributed by atoms with E-state index in [2.05, 4.69) is 21.2 Å². The molecule has 1 aromatic rings. The van der Waals surface area contributed by atoms with Gasteiger partial charge >= 0.3 is 0 Å². The molecule has 0 amide bonds. The van der Waals surface area contributed by atoms with E-state index in [-0.39, 0.29) is 12.7 Å². The SMILES string of the molecule is COCC(CNCC(O)COc1ccc(C)cc1Br)OC. The maximum Gasteiger partial charge on any atom is 0.133 e. The Balaban J connectivity index is 2.26. The minimum absolute atomic E-state index is 0.0191. The zero-order chi connectivity index (χ0) is 15.7. The number of hydrogen-bond acceptors (Lipinski definition) is 5. The van der Waals surface area contributed by atoms with Gasteiger partial charge in [-0.05, 0) is 40.5 Å². The fraction of sp³-hybridized carbons (Fsp3) is 0.600. The molecule has 0 spiro atoms. The molecule has 2 unspecified atom stereocenters. The van der Waals surface area contributed by atoms with E-state index in [1.807, 2.05) is 25.1 Å². The summed E-state index contributed by atoms with van der Waals surface area (Å²) in [6.45, 7) is 3.82. The van der Waals surface area contributed by atoms with Gasteiger partial charge in [0.05, 0.1) is 17.2 Å². The Hall–Kier alpha value is -0.660.